The van der Waals surface area contributed by atoms with Crippen LogP contribution in [0.5, 0.6) is 5.75 Å². The number of carbonyl (C=O) groups excluding carboxylic acids is 2. The van der Waals surface area contributed by atoms with E-state index < -0.39 is 0 Å². The van der Waals surface area contributed by atoms with Gasteiger partial charge in [0, 0.05) is 42.9 Å². The Morgan fingerprint density at radius 1 is 1.24 bits per heavy atom. The van der Waals surface area contributed by atoms with Crippen LogP contribution in [-0.2, 0) is 22.4 Å². The zero-order valence-corrected chi connectivity index (χ0v) is 19.6. The highest BCUT2D eigenvalue weighted by molar-refractivity contribution is 7.19. The molecule has 0 unspecified atom stereocenters. The summed E-state index contributed by atoms with van der Waals surface area (Å²) in [6.07, 6.45) is 8.42. The van der Waals surface area contributed by atoms with Crippen molar-refractivity contribution in [3.05, 3.63) is 41.3 Å². The molecular weight excluding hydrogens is 452 g/mol. The van der Waals surface area contributed by atoms with Crippen LogP contribution in [0.25, 0.3) is 15.7 Å². The number of piperidine rings is 1. The van der Waals surface area contributed by atoms with Gasteiger partial charge in [0.2, 0.25) is 5.91 Å². The highest BCUT2D eigenvalue weighted by atomic mass is 32.1. The number of aryl methyl sites for hydroxylation is 1. The predicted molar refractivity (Wildman–Crippen MR) is 129 cm³/mol. The number of ketones is 1. The summed E-state index contributed by atoms with van der Waals surface area (Å²) < 4.78 is 7.34. The van der Waals surface area contributed by atoms with Crippen molar-refractivity contribution in [3.8, 4) is 5.75 Å². The lowest BCUT2D eigenvalue weighted by Gasteiger charge is -2.31. The lowest BCUT2D eigenvalue weighted by molar-refractivity contribution is -0.138. The summed E-state index contributed by atoms with van der Waals surface area (Å²) in [4.78, 5) is 37.7. The van der Waals surface area contributed by atoms with Gasteiger partial charge in [-0.3, -0.25) is 9.59 Å². The fraction of sp³-hybridized carbons (Fsp3) is 0.375. The first kappa shape index (κ1) is 21.0. The van der Waals surface area contributed by atoms with Gasteiger partial charge >= 0.3 is 0 Å². The van der Waals surface area contributed by atoms with Crippen molar-refractivity contribution < 1.29 is 14.3 Å². The minimum atomic E-state index is -0.0394. The van der Waals surface area contributed by atoms with Crippen LogP contribution in [0.4, 0.5) is 11.5 Å². The van der Waals surface area contributed by atoms with E-state index in [4.69, 9.17) is 4.74 Å². The lowest BCUT2D eigenvalue weighted by atomic mass is 9.86. The molecule has 5 heterocycles. The van der Waals surface area contributed by atoms with Crippen LogP contribution in [0, 0.1) is 5.92 Å². The van der Waals surface area contributed by atoms with E-state index in [2.05, 4.69) is 20.4 Å². The largest absolute Gasteiger partial charge is 0.493 e. The molecular formula is C24H24N6O3S. The second-order valence-corrected chi connectivity index (χ2v) is 9.87. The number of ether oxygens (including phenoxy) is 1. The third-order valence-corrected chi connectivity index (χ3v) is 7.96. The number of anilines is 2. The number of rotatable bonds is 4. The van der Waals surface area contributed by atoms with Crippen LogP contribution in [0.15, 0.2) is 30.9 Å². The number of likely N-dealkylation sites (tertiary alicyclic amines) is 1. The zero-order valence-electron chi connectivity index (χ0n) is 18.8. The van der Waals surface area contributed by atoms with Crippen LogP contribution >= 0.6 is 11.3 Å². The molecule has 6 rings (SSSR count). The molecule has 0 spiro atoms. The minimum absolute atomic E-state index is 0.0394. The van der Waals surface area contributed by atoms with Gasteiger partial charge in [0.25, 0.3) is 0 Å². The molecule has 1 fully saturated rings. The van der Waals surface area contributed by atoms with Crippen LogP contribution in [0.2, 0.25) is 0 Å². The average molecular weight is 477 g/mol. The number of hydrogen-bond donors (Lipinski definition) is 1. The van der Waals surface area contributed by atoms with Gasteiger partial charge in [0.1, 0.15) is 22.8 Å². The van der Waals surface area contributed by atoms with Crippen LogP contribution in [-0.4, -0.2) is 56.4 Å². The van der Waals surface area contributed by atoms with Crippen molar-refractivity contribution in [3.63, 3.8) is 0 Å². The second-order valence-electron chi connectivity index (χ2n) is 8.79. The molecule has 9 nitrogen and oxygen atoms in total. The predicted octanol–water partition coefficient (Wildman–Crippen LogP) is 3.39. The Bertz CT molecular complexity index is 1420. The number of methoxy groups -OCH3 is 1. The second kappa shape index (κ2) is 8.35. The van der Waals surface area contributed by atoms with Crippen molar-refractivity contribution in [1.29, 1.82) is 0 Å². The van der Waals surface area contributed by atoms with Gasteiger partial charge in [0.05, 0.1) is 29.9 Å². The molecule has 10 heteroatoms. The van der Waals surface area contributed by atoms with Crippen LogP contribution in [0.1, 0.15) is 29.7 Å². The Hall–Kier alpha value is -3.53. The molecule has 0 saturated carbocycles. The molecule has 34 heavy (non-hydrogen) atoms. The van der Waals surface area contributed by atoms with Gasteiger partial charge in [-0.25, -0.2) is 14.5 Å². The number of thiophene rings is 1. The maximum atomic E-state index is 13.1. The molecule has 1 atom stereocenters. The summed E-state index contributed by atoms with van der Waals surface area (Å²) in [6.45, 7) is 1.10. The molecule has 0 aromatic carbocycles. The van der Waals surface area contributed by atoms with Crippen molar-refractivity contribution in [1.82, 2.24) is 24.5 Å². The number of Topliss-reactive ketones (excluding diaryl/α,β-unsaturated/α-hetero) is 1. The first-order chi connectivity index (χ1) is 16.6. The Morgan fingerprint density at radius 3 is 2.91 bits per heavy atom. The van der Waals surface area contributed by atoms with Crippen molar-refractivity contribution >= 4 is 50.3 Å². The maximum Gasteiger partial charge on any atom is 0.226 e. The third-order valence-electron chi connectivity index (χ3n) is 6.80. The lowest BCUT2D eigenvalue weighted by Crippen LogP contribution is -2.43. The van der Waals surface area contributed by atoms with Gasteiger partial charge in [-0.2, -0.15) is 5.10 Å². The van der Waals surface area contributed by atoms with Crippen LogP contribution in [0.3, 0.4) is 0 Å². The quantitative estimate of drug-likeness (QED) is 0.482. The van der Waals surface area contributed by atoms with E-state index in [1.54, 1.807) is 35.5 Å². The van der Waals surface area contributed by atoms with E-state index in [9.17, 15) is 9.59 Å². The maximum absolute atomic E-state index is 13.1. The summed E-state index contributed by atoms with van der Waals surface area (Å²) in [7, 11) is 1.63. The van der Waals surface area contributed by atoms with E-state index in [1.165, 1.54) is 10.4 Å². The van der Waals surface area contributed by atoms with E-state index in [0.29, 0.717) is 38.1 Å². The van der Waals surface area contributed by atoms with Gasteiger partial charge in [-0.05, 0) is 37.0 Å². The molecule has 1 aliphatic heterocycles. The first-order valence-electron chi connectivity index (χ1n) is 11.4. The number of hydrogen-bond acceptors (Lipinski definition) is 8. The Morgan fingerprint density at radius 2 is 2.09 bits per heavy atom. The van der Waals surface area contributed by atoms with Crippen LogP contribution < -0.4 is 10.1 Å². The molecule has 1 amide bonds. The molecule has 0 bridgehead atoms. The van der Waals surface area contributed by atoms with E-state index >= 15 is 0 Å². The highest BCUT2D eigenvalue weighted by Crippen LogP contribution is 2.41. The average Bonchev–Trinajstić information content (AvgIpc) is 3.47. The molecule has 174 valence electrons. The molecule has 0 radical (unpaired) electrons. The normalized spacial score (nSPS) is 18.3. The van der Waals surface area contributed by atoms with E-state index in [-0.39, 0.29) is 17.6 Å². The summed E-state index contributed by atoms with van der Waals surface area (Å²) >= 11 is 1.65. The van der Waals surface area contributed by atoms with Gasteiger partial charge in [-0.15, -0.1) is 11.3 Å². The standard InChI is InChI=1S/C24H24N6O3S/c1-33-19-12-30-15(4-7-27-30)11-18(19)28-22-21-17-3-2-14(10-20(17)34-23(21)26-13-25-22)24(32)29-8-5-16(31)6-9-29/h4,7,11-14H,2-3,5-6,8-10H2,1H3,(H,25,26,28)/t14-/m0/s1. The summed E-state index contributed by atoms with van der Waals surface area (Å²) in [5.74, 6) is 1.80. The summed E-state index contributed by atoms with van der Waals surface area (Å²) in [6, 6.07) is 3.92. The number of carbonyl (C=O) groups is 2. The number of pyridine rings is 1. The molecule has 1 aliphatic carbocycles. The topological polar surface area (TPSA) is 102 Å². The summed E-state index contributed by atoms with van der Waals surface area (Å²) in [5.41, 5.74) is 2.98. The molecule has 2 aliphatic rings. The Labute approximate surface area is 199 Å². The third kappa shape index (κ3) is 3.58. The number of amides is 1. The smallest absolute Gasteiger partial charge is 0.226 e. The first-order valence-corrected chi connectivity index (χ1v) is 12.3. The number of nitrogens with zero attached hydrogens (tertiary/aromatic N) is 5. The Balaban J connectivity index is 1.30. The van der Waals surface area contributed by atoms with Crippen molar-refractivity contribution in [2.75, 3.05) is 25.5 Å². The number of nitrogens with one attached hydrogen (secondary N) is 1. The number of aromatic nitrogens is 4. The SMILES string of the molecule is COc1cn2nccc2cc1Nc1ncnc2sc3c(c12)CC[C@H](C(=O)N1CCC(=O)CC1)C3. The number of fused-ring (bicyclic) bond motifs is 4. The van der Waals surface area contributed by atoms with Gasteiger partial charge in [0.15, 0.2) is 5.75 Å². The fourth-order valence-corrected chi connectivity index (χ4v) is 6.25. The Kier molecular flexibility index (Phi) is 5.17. The molecule has 1 N–H and O–H groups in total. The van der Waals surface area contributed by atoms with E-state index in [1.807, 2.05) is 23.2 Å². The minimum Gasteiger partial charge on any atom is -0.493 e. The van der Waals surface area contributed by atoms with Crippen molar-refractivity contribution in [2.45, 2.75) is 32.1 Å². The van der Waals surface area contributed by atoms with E-state index in [0.717, 1.165) is 40.1 Å². The highest BCUT2D eigenvalue weighted by Gasteiger charge is 2.33. The van der Waals surface area contributed by atoms with Gasteiger partial charge in [-0.1, -0.05) is 0 Å². The van der Waals surface area contributed by atoms with Gasteiger partial charge < -0.3 is 15.0 Å². The zero-order chi connectivity index (χ0) is 23.2. The fourth-order valence-electron chi connectivity index (χ4n) is 4.98. The molecule has 4 aromatic rings. The summed E-state index contributed by atoms with van der Waals surface area (Å²) in [5, 5.41) is 8.75. The molecule has 1 saturated heterocycles. The monoisotopic (exact) mass is 476 g/mol. The van der Waals surface area contributed by atoms with Crippen molar-refractivity contribution in [2.24, 2.45) is 5.92 Å². The molecule has 4 aromatic heterocycles.